The Morgan fingerprint density at radius 1 is 1.31 bits per heavy atom. The van der Waals surface area contributed by atoms with Gasteiger partial charge in [0, 0.05) is 12.2 Å². The third-order valence-corrected chi connectivity index (χ3v) is 1.91. The van der Waals surface area contributed by atoms with Crippen LogP contribution in [0.3, 0.4) is 0 Å². The normalized spacial score (nSPS) is 11.0. The van der Waals surface area contributed by atoms with Gasteiger partial charge in [-0.05, 0) is 39.8 Å². The van der Waals surface area contributed by atoms with E-state index in [0.717, 1.165) is 5.69 Å². The molecule has 3 nitrogen and oxygen atoms in total. The minimum absolute atomic E-state index is 0.346. The maximum absolute atomic E-state index is 11.9. The molecule has 1 aromatic rings. The van der Waals surface area contributed by atoms with Gasteiger partial charge in [0.25, 0.3) is 0 Å². The van der Waals surface area contributed by atoms with E-state index in [1.165, 1.54) is 4.90 Å². The molecule has 0 fully saturated rings. The van der Waals surface area contributed by atoms with Gasteiger partial charge >= 0.3 is 6.09 Å². The van der Waals surface area contributed by atoms with Gasteiger partial charge in [-0.2, -0.15) is 0 Å². The Labute approximate surface area is 97.0 Å². The summed E-state index contributed by atoms with van der Waals surface area (Å²) in [6.07, 6.45) is -0.367. The van der Waals surface area contributed by atoms with Crippen LogP contribution in [-0.4, -0.2) is 18.2 Å². The highest BCUT2D eigenvalue weighted by Crippen LogP contribution is 2.17. The zero-order valence-corrected chi connectivity index (χ0v) is 10.1. The van der Waals surface area contributed by atoms with Crippen molar-refractivity contribution in [1.82, 2.24) is 0 Å². The average Bonchev–Trinajstić information content (AvgIpc) is 2.17. The van der Waals surface area contributed by atoms with Crippen molar-refractivity contribution in [3.63, 3.8) is 0 Å². The van der Waals surface area contributed by atoms with E-state index in [4.69, 9.17) is 4.74 Å². The minimum atomic E-state index is -0.487. The molecule has 0 heterocycles. The van der Waals surface area contributed by atoms with Crippen LogP contribution < -0.4 is 4.90 Å². The Hall–Kier alpha value is -1.51. The quantitative estimate of drug-likeness (QED) is 0.765. The van der Waals surface area contributed by atoms with Gasteiger partial charge in [0.15, 0.2) is 0 Å². The first kappa shape index (κ1) is 12.6. The van der Waals surface area contributed by atoms with Crippen molar-refractivity contribution in [3.05, 3.63) is 37.3 Å². The Balaban J connectivity index is 2.80. The predicted molar refractivity (Wildman–Crippen MR) is 65.4 cm³/mol. The molecule has 0 atom stereocenters. The number of rotatable bonds is 2. The molecule has 1 aromatic carbocycles. The molecule has 0 unspecified atom stereocenters. The second-order valence-electron chi connectivity index (χ2n) is 4.47. The molecule has 0 N–H and O–H groups in total. The van der Waals surface area contributed by atoms with E-state index < -0.39 is 5.60 Å². The van der Waals surface area contributed by atoms with Gasteiger partial charge in [-0.1, -0.05) is 18.2 Å². The minimum Gasteiger partial charge on any atom is -0.443 e. The summed E-state index contributed by atoms with van der Waals surface area (Å²) in [6.45, 7) is 9.62. The highest BCUT2D eigenvalue weighted by Gasteiger charge is 2.21. The van der Waals surface area contributed by atoms with E-state index >= 15 is 0 Å². The summed E-state index contributed by atoms with van der Waals surface area (Å²) < 4.78 is 5.29. The molecule has 0 spiro atoms. The number of amides is 1. The first-order valence-electron chi connectivity index (χ1n) is 5.29. The molecule has 0 bridgehead atoms. The lowest BCUT2D eigenvalue weighted by molar-refractivity contribution is 0.0584. The lowest BCUT2D eigenvalue weighted by Crippen LogP contribution is -2.36. The zero-order valence-electron chi connectivity index (χ0n) is 10.1. The van der Waals surface area contributed by atoms with E-state index in [-0.39, 0.29) is 6.09 Å². The van der Waals surface area contributed by atoms with Crippen LogP contribution in [0, 0.1) is 6.92 Å². The highest BCUT2D eigenvalue weighted by atomic mass is 16.6. The van der Waals surface area contributed by atoms with Crippen molar-refractivity contribution in [2.45, 2.75) is 26.4 Å². The van der Waals surface area contributed by atoms with Gasteiger partial charge in [0.2, 0.25) is 0 Å². The summed E-state index contributed by atoms with van der Waals surface area (Å²) in [6, 6.07) is 9.37. The fraction of sp³-hybridized carbons (Fsp3) is 0.385. The average molecular weight is 220 g/mol. The zero-order chi connectivity index (χ0) is 12.2. The molecule has 0 saturated heterocycles. The molecular formula is C13H18NO2. The van der Waals surface area contributed by atoms with Crippen molar-refractivity contribution in [2.24, 2.45) is 0 Å². The van der Waals surface area contributed by atoms with Crippen molar-refractivity contribution < 1.29 is 9.53 Å². The number of hydrogen-bond acceptors (Lipinski definition) is 2. The number of ether oxygens (including phenoxy) is 1. The molecule has 1 radical (unpaired) electrons. The molecule has 0 aliphatic rings. The Kier molecular flexibility index (Phi) is 3.93. The van der Waals surface area contributed by atoms with Crippen molar-refractivity contribution >= 4 is 11.8 Å². The monoisotopic (exact) mass is 220 g/mol. The fourth-order valence-electron chi connectivity index (χ4n) is 1.25. The number of benzene rings is 1. The van der Waals surface area contributed by atoms with Crippen LogP contribution in [-0.2, 0) is 4.74 Å². The lowest BCUT2D eigenvalue weighted by atomic mass is 10.2. The third-order valence-electron chi connectivity index (χ3n) is 1.91. The van der Waals surface area contributed by atoms with Crippen LogP contribution in [0.2, 0.25) is 0 Å². The molecule has 0 aliphatic carbocycles. The summed E-state index contributed by atoms with van der Waals surface area (Å²) in [5.74, 6) is 0. The fourth-order valence-corrected chi connectivity index (χ4v) is 1.25. The topological polar surface area (TPSA) is 29.5 Å². The SMILES string of the molecule is [CH2]CN(C(=O)OC(C)(C)C)c1ccccc1. The van der Waals surface area contributed by atoms with Crippen LogP contribution in [0.25, 0.3) is 0 Å². The van der Waals surface area contributed by atoms with E-state index in [9.17, 15) is 4.79 Å². The smallest absolute Gasteiger partial charge is 0.414 e. The number of para-hydroxylation sites is 1. The Morgan fingerprint density at radius 2 is 1.88 bits per heavy atom. The summed E-state index contributed by atoms with van der Waals surface area (Å²) in [7, 11) is 0. The summed E-state index contributed by atoms with van der Waals surface area (Å²) in [5.41, 5.74) is 0.311. The van der Waals surface area contributed by atoms with Gasteiger partial charge in [-0.3, -0.25) is 4.90 Å². The third kappa shape index (κ3) is 3.57. The maximum Gasteiger partial charge on any atom is 0.414 e. The number of hydrogen-bond donors (Lipinski definition) is 0. The van der Waals surface area contributed by atoms with Crippen LogP contribution >= 0.6 is 0 Å². The summed E-state index contributed by atoms with van der Waals surface area (Å²) in [5, 5.41) is 0. The molecule has 0 aliphatic heterocycles. The molecule has 1 amide bonds. The highest BCUT2D eigenvalue weighted by molar-refractivity contribution is 5.87. The molecule has 1 rings (SSSR count). The first-order chi connectivity index (χ1) is 7.44. The van der Waals surface area contributed by atoms with E-state index in [1.807, 2.05) is 51.1 Å². The maximum atomic E-state index is 11.9. The second-order valence-corrected chi connectivity index (χ2v) is 4.47. The first-order valence-corrected chi connectivity index (χ1v) is 5.29. The van der Waals surface area contributed by atoms with Crippen LogP contribution in [0.1, 0.15) is 20.8 Å². The predicted octanol–water partition coefficient (Wildman–Crippen LogP) is 3.26. The van der Waals surface area contributed by atoms with Crippen molar-refractivity contribution in [1.29, 1.82) is 0 Å². The standard InChI is InChI=1S/C13H18NO2/c1-5-14(11-9-7-6-8-10-11)12(15)16-13(2,3)4/h6-10H,1,5H2,2-4H3. The van der Waals surface area contributed by atoms with E-state index in [2.05, 4.69) is 6.92 Å². The van der Waals surface area contributed by atoms with Crippen LogP contribution in [0.4, 0.5) is 10.5 Å². The van der Waals surface area contributed by atoms with Crippen LogP contribution in [0.5, 0.6) is 0 Å². The largest absolute Gasteiger partial charge is 0.443 e. The molecular weight excluding hydrogens is 202 g/mol. The van der Waals surface area contributed by atoms with Gasteiger partial charge in [-0.15, -0.1) is 0 Å². The number of carbonyl (C=O) groups excluding carboxylic acids is 1. The Morgan fingerprint density at radius 3 is 2.31 bits per heavy atom. The molecule has 0 aromatic heterocycles. The number of nitrogens with zero attached hydrogens (tertiary/aromatic N) is 1. The number of carbonyl (C=O) groups is 1. The van der Waals surface area contributed by atoms with Crippen molar-refractivity contribution in [3.8, 4) is 0 Å². The van der Waals surface area contributed by atoms with Crippen LogP contribution in [0.15, 0.2) is 30.3 Å². The van der Waals surface area contributed by atoms with Crippen molar-refractivity contribution in [2.75, 3.05) is 11.4 Å². The summed E-state index contributed by atoms with van der Waals surface area (Å²) in [4.78, 5) is 13.4. The van der Waals surface area contributed by atoms with E-state index in [1.54, 1.807) is 0 Å². The van der Waals surface area contributed by atoms with Gasteiger partial charge in [0.05, 0.1) is 0 Å². The summed E-state index contributed by atoms with van der Waals surface area (Å²) >= 11 is 0. The Bertz CT molecular complexity index is 341. The molecule has 3 heteroatoms. The van der Waals surface area contributed by atoms with E-state index in [0.29, 0.717) is 6.54 Å². The van der Waals surface area contributed by atoms with Gasteiger partial charge in [-0.25, -0.2) is 4.79 Å². The second kappa shape index (κ2) is 5.01. The molecule has 16 heavy (non-hydrogen) atoms. The molecule has 87 valence electrons. The molecule has 0 saturated carbocycles. The lowest BCUT2D eigenvalue weighted by Gasteiger charge is -2.26. The van der Waals surface area contributed by atoms with Gasteiger partial charge < -0.3 is 4.74 Å². The number of anilines is 1. The van der Waals surface area contributed by atoms with Gasteiger partial charge in [0.1, 0.15) is 5.60 Å².